The third-order valence-corrected chi connectivity index (χ3v) is 12.4. The number of carbonyl (C=O) groups is 5. The fourth-order valence-corrected chi connectivity index (χ4v) is 8.60. The highest BCUT2D eigenvalue weighted by molar-refractivity contribution is 6.47. The van der Waals surface area contributed by atoms with Crippen LogP contribution in [0.2, 0.25) is 0 Å². The highest BCUT2D eigenvalue weighted by Crippen LogP contribution is 2.65. The molecule has 5 amide bonds. The Morgan fingerprint density at radius 2 is 1.34 bits per heavy atom. The molecule has 2 bridgehead atoms. The third-order valence-electron chi connectivity index (χ3n) is 12.4. The Labute approximate surface area is 346 Å². The molecule has 59 heavy (non-hydrogen) atoms. The minimum absolute atomic E-state index is 0.0259. The van der Waals surface area contributed by atoms with Crippen LogP contribution in [0.15, 0.2) is 48.5 Å². The normalized spacial score (nSPS) is 23.9. The standard InChI is InChI=1S/C41H62BN9O8/c1-5-6-7-23-8-10-24(11-9-23)25-12-14-26(15-13-25)34(53)47-28(16-18-43)35(54)48-29(17-19-44)36(55)50-33(45)38(57)49-30(22-52)37(56)51-39(46)42-58-32-21-27-20-31(40(27,2)3)41(32,4)59-42/h8-15,27-33,39,52H,5-7,16-22,43-46H2,1-4H3,(H,47,53)(H,48,54)(H,49,57)(H,50,55)(H,51,56)/t27-,28-,29?,30-,31-,32?,33+,39+,41-/m0/s1. The Morgan fingerprint density at radius 1 is 0.780 bits per heavy atom. The van der Waals surface area contributed by atoms with Crippen LogP contribution < -0.4 is 49.5 Å². The maximum absolute atomic E-state index is 13.4. The molecule has 2 unspecified atom stereocenters. The Morgan fingerprint density at radius 3 is 1.92 bits per heavy atom. The largest absolute Gasteiger partial charge is 0.497 e. The summed E-state index contributed by atoms with van der Waals surface area (Å²) in [5, 5.41) is 22.4. The molecular weight excluding hydrogens is 757 g/mol. The van der Waals surface area contributed by atoms with Gasteiger partial charge in [-0.2, -0.15) is 0 Å². The van der Waals surface area contributed by atoms with Gasteiger partial charge >= 0.3 is 7.12 Å². The van der Waals surface area contributed by atoms with Crippen molar-refractivity contribution in [1.82, 2.24) is 26.6 Å². The first kappa shape index (κ1) is 45.7. The number of nitrogens with two attached hydrogens (primary N) is 4. The predicted octanol–water partition coefficient (Wildman–Crippen LogP) is -0.476. The second-order valence-corrected chi connectivity index (χ2v) is 16.7. The van der Waals surface area contributed by atoms with Crippen molar-refractivity contribution in [3.8, 4) is 11.1 Å². The monoisotopic (exact) mass is 819 g/mol. The SMILES string of the molecule is CCCCc1ccc(-c2ccc(C(=O)N[C@@H](CCN)C(=O)NC(CCN)C(=O)N[C@@H](N)C(=O)N[C@@H](CO)C(=O)N[C@@H](N)B3OC4C[C@@H]5C[C@@H](C5(C)C)[C@]4(C)O3)cc2)cc1. The first-order valence-electron chi connectivity index (χ1n) is 20.6. The Hall–Kier alpha value is -4.43. The van der Waals surface area contributed by atoms with E-state index in [-0.39, 0.29) is 43.4 Å². The third kappa shape index (κ3) is 10.5. The van der Waals surface area contributed by atoms with Crippen LogP contribution in [-0.2, 0) is 34.9 Å². The number of aryl methyl sites for hydroxylation is 1. The molecule has 0 aromatic heterocycles. The van der Waals surface area contributed by atoms with Crippen molar-refractivity contribution in [2.24, 2.45) is 40.2 Å². The molecule has 17 nitrogen and oxygen atoms in total. The number of carbonyl (C=O) groups excluding carboxylic acids is 5. The predicted molar refractivity (Wildman–Crippen MR) is 222 cm³/mol. The summed E-state index contributed by atoms with van der Waals surface area (Å²) in [6.45, 7) is 7.82. The molecule has 6 rings (SSSR count). The second kappa shape index (κ2) is 19.8. The molecule has 3 saturated carbocycles. The summed E-state index contributed by atoms with van der Waals surface area (Å²) in [5.41, 5.74) is 26.8. The number of hydrogen-bond acceptors (Lipinski definition) is 12. The molecule has 2 aromatic rings. The number of nitrogens with one attached hydrogen (secondary N) is 5. The zero-order chi connectivity index (χ0) is 43.1. The molecule has 9 atom stereocenters. The van der Waals surface area contributed by atoms with Gasteiger partial charge < -0.3 is 63.9 Å². The van der Waals surface area contributed by atoms with Gasteiger partial charge in [-0.15, -0.1) is 0 Å². The van der Waals surface area contributed by atoms with Crippen molar-refractivity contribution in [1.29, 1.82) is 0 Å². The molecule has 0 spiro atoms. The van der Waals surface area contributed by atoms with Crippen molar-refractivity contribution >= 4 is 36.7 Å². The van der Waals surface area contributed by atoms with E-state index >= 15 is 0 Å². The summed E-state index contributed by atoms with van der Waals surface area (Å²) in [4.78, 5) is 66.0. The number of benzene rings is 2. The lowest BCUT2D eigenvalue weighted by Gasteiger charge is -2.64. The van der Waals surface area contributed by atoms with Gasteiger partial charge in [0.25, 0.3) is 11.8 Å². The lowest BCUT2D eigenvalue weighted by Crippen LogP contribution is -2.65. The zero-order valence-electron chi connectivity index (χ0n) is 34.5. The molecule has 14 N–H and O–H groups in total. The lowest BCUT2D eigenvalue weighted by atomic mass is 9.43. The average molecular weight is 820 g/mol. The Bertz CT molecular complexity index is 1800. The molecule has 0 radical (unpaired) electrons. The van der Waals surface area contributed by atoms with Gasteiger partial charge in [-0.3, -0.25) is 24.0 Å². The van der Waals surface area contributed by atoms with E-state index in [1.807, 2.05) is 31.2 Å². The van der Waals surface area contributed by atoms with Crippen LogP contribution in [0.3, 0.4) is 0 Å². The maximum Gasteiger partial charge on any atom is 0.497 e. The van der Waals surface area contributed by atoms with Crippen molar-refractivity contribution < 1.29 is 38.4 Å². The van der Waals surface area contributed by atoms with Crippen LogP contribution in [0, 0.1) is 17.3 Å². The van der Waals surface area contributed by atoms with Crippen LogP contribution in [0.25, 0.3) is 11.1 Å². The molecule has 18 heteroatoms. The number of hydrogen-bond donors (Lipinski definition) is 10. The number of rotatable bonds is 20. The number of unbranched alkanes of at least 4 members (excludes halogenated alkanes) is 1. The number of aliphatic hydroxyl groups excluding tert-OH is 1. The summed E-state index contributed by atoms with van der Waals surface area (Å²) in [6, 6.07) is 10.3. The quantitative estimate of drug-likeness (QED) is 0.0599. The van der Waals surface area contributed by atoms with Crippen molar-refractivity contribution in [3.63, 3.8) is 0 Å². The summed E-state index contributed by atoms with van der Waals surface area (Å²) >= 11 is 0. The van der Waals surface area contributed by atoms with E-state index in [2.05, 4.69) is 59.5 Å². The van der Waals surface area contributed by atoms with E-state index in [0.29, 0.717) is 11.5 Å². The van der Waals surface area contributed by atoms with E-state index in [9.17, 15) is 29.1 Å². The summed E-state index contributed by atoms with van der Waals surface area (Å²) in [7, 11) is -0.941. The van der Waals surface area contributed by atoms with Gasteiger partial charge in [0, 0.05) is 5.56 Å². The molecular formula is C41H62BN9O8. The van der Waals surface area contributed by atoms with Gasteiger partial charge in [-0.25, -0.2) is 0 Å². The fourth-order valence-electron chi connectivity index (χ4n) is 8.60. The maximum atomic E-state index is 13.4. The van der Waals surface area contributed by atoms with E-state index in [1.54, 1.807) is 12.1 Å². The molecule has 322 valence electrons. The Balaban J connectivity index is 1.11. The summed E-state index contributed by atoms with van der Waals surface area (Å²) in [5.74, 6) is -3.11. The molecule has 4 fully saturated rings. The molecule has 4 aliphatic rings. The molecule has 1 heterocycles. The summed E-state index contributed by atoms with van der Waals surface area (Å²) in [6.07, 6.45) is 3.27. The molecule has 1 saturated heterocycles. The number of aliphatic hydroxyl groups is 1. The van der Waals surface area contributed by atoms with E-state index < -0.39 is 79.2 Å². The fraction of sp³-hybridized carbons (Fsp3) is 0.585. The van der Waals surface area contributed by atoms with Crippen LogP contribution in [-0.4, -0.2) is 104 Å². The summed E-state index contributed by atoms with van der Waals surface area (Å²) < 4.78 is 12.4. The Kier molecular flexibility index (Phi) is 15.3. The number of amides is 5. The smallest absolute Gasteiger partial charge is 0.403 e. The van der Waals surface area contributed by atoms with Crippen LogP contribution >= 0.6 is 0 Å². The highest BCUT2D eigenvalue weighted by Gasteiger charge is 2.68. The van der Waals surface area contributed by atoms with Gasteiger partial charge in [-0.1, -0.05) is 63.6 Å². The highest BCUT2D eigenvalue weighted by atomic mass is 16.7. The van der Waals surface area contributed by atoms with Gasteiger partial charge in [0.05, 0.1) is 18.3 Å². The van der Waals surface area contributed by atoms with Crippen molar-refractivity contribution in [2.75, 3.05) is 19.7 Å². The zero-order valence-corrected chi connectivity index (χ0v) is 34.5. The lowest BCUT2D eigenvalue weighted by molar-refractivity contribution is -0.199. The van der Waals surface area contributed by atoms with E-state index in [0.717, 1.165) is 43.2 Å². The van der Waals surface area contributed by atoms with Crippen LogP contribution in [0.4, 0.5) is 0 Å². The van der Waals surface area contributed by atoms with Crippen LogP contribution in [0.1, 0.15) is 82.1 Å². The second-order valence-electron chi connectivity index (χ2n) is 16.7. The minimum atomic E-state index is -1.70. The van der Waals surface area contributed by atoms with Crippen molar-refractivity contribution in [2.45, 2.75) is 115 Å². The molecule has 1 aliphatic heterocycles. The molecule has 3 aliphatic carbocycles. The van der Waals surface area contributed by atoms with Gasteiger partial charge in [-0.05, 0) is 105 Å². The van der Waals surface area contributed by atoms with E-state index in [4.69, 9.17) is 32.2 Å². The van der Waals surface area contributed by atoms with Gasteiger partial charge in [0.1, 0.15) is 24.2 Å². The van der Waals surface area contributed by atoms with Gasteiger partial charge in [0.2, 0.25) is 17.7 Å². The topological polar surface area (TPSA) is 288 Å². The first-order valence-corrected chi connectivity index (χ1v) is 20.6. The van der Waals surface area contributed by atoms with Gasteiger partial charge in [0.15, 0.2) is 6.17 Å². The minimum Gasteiger partial charge on any atom is -0.403 e. The average Bonchev–Trinajstić information content (AvgIpc) is 3.59. The van der Waals surface area contributed by atoms with E-state index in [1.165, 1.54) is 5.56 Å². The first-order chi connectivity index (χ1) is 28.1. The van der Waals surface area contributed by atoms with Crippen LogP contribution in [0.5, 0.6) is 0 Å². The molecule has 2 aromatic carbocycles. The van der Waals surface area contributed by atoms with Crippen molar-refractivity contribution in [3.05, 3.63) is 59.7 Å².